The molecular formula is C17H25N7O4. The molecule has 2 N–H and O–H groups in total. The maximum absolute atomic E-state index is 12.4. The van der Waals surface area contributed by atoms with E-state index in [0.717, 1.165) is 6.20 Å². The molecule has 11 nitrogen and oxygen atoms in total. The number of nitro groups is 1. The summed E-state index contributed by atoms with van der Waals surface area (Å²) in [5.74, 6) is -0.405. The predicted octanol–water partition coefficient (Wildman–Crippen LogP) is 1.73. The standard InChI is InChI=1S/C17H25N7O4/c1-5-22-10-13(16(21-22)17(26)18-8-11(2)3)20-15(25)6-7-23-12(4)14(9-19-23)24(27)28/h9-11H,5-8H2,1-4H3,(H,18,26)(H,20,25). The highest BCUT2D eigenvalue weighted by Crippen LogP contribution is 2.17. The van der Waals surface area contributed by atoms with Crippen LogP contribution in [0.2, 0.25) is 0 Å². The van der Waals surface area contributed by atoms with E-state index >= 15 is 0 Å². The molecule has 0 spiro atoms. The van der Waals surface area contributed by atoms with Gasteiger partial charge in [0.25, 0.3) is 5.91 Å². The average Bonchev–Trinajstić information content (AvgIpc) is 3.21. The third kappa shape index (κ3) is 5.15. The van der Waals surface area contributed by atoms with Crippen LogP contribution in [0.25, 0.3) is 0 Å². The number of aryl methyl sites for hydroxylation is 2. The van der Waals surface area contributed by atoms with Crippen molar-refractivity contribution >= 4 is 23.2 Å². The monoisotopic (exact) mass is 391 g/mol. The lowest BCUT2D eigenvalue weighted by Crippen LogP contribution is -2.29. The highest BCUT2D eigenvalue weighted by atomic mass is 16.6. The number of rotatable bonds is 9. The van der Waals surface area contributed by atoms with E-state index in [2.05, 4.69) is 20.8 Å². The molecule has 0 aliphatic carbocycles. The van der Waals surface area contributed by atoms with Gasteiger partial charge in [-0.1, -0.05) is 13.8 Å². The Balaban J connectivity index is 2.04. The first kappa shape index (κ1) is 21.1. The van der Waals surface area contributed by atoms with Crippen molar-refractivity contribution in [2.75, 3.05) is 11.9 Å². The molecule has 0 radical (unpaired) electrons. The molecule has 0 aliphatic heterocycles. The van der Waals surface area contributed by atoms with Gasteiger partial charge in [-0.25, -0.2) is 0 Å². The van der Waals surface area contributed by atoms with Crippen LogP contribution >= 0.6 is 0 Å². The summed E-state index contributed by atoms with van der Waals surface area (Å²) in [4.78, 5) is 35.0. The van der Waals surface area contributed by atoms with Crippen molar-refractivity contribution in [2.24, 2.45) is 5.92 Å². The largest absolute Gasteiger partial charge is 0.350 e. The topological polar surface area (TPSA) is 137 Å². The van der Waals surface area contributed by atoms with Crippen LogP contribution in [0.1, 0.15) is 43.4 Å². The molecule has 28 heavy (non-hydrogen) atoms. The molecule has 0 aromatic carbocycles. The highest BCUT2D eigenvalue weighted by molar-refractivity contribution is 6.02. The molecule has 0 saturated heterocycles. The summed E-state index contributed by atoms with van der Waals surface area (Å²) in [6.07, 6.45) is 2.81. The van der Waals surface area contributed by atoms with Crippen LogP contribution in [0.5, 0.6) is 0 Å². The van der Waals surface area contributed by atoms with Gasteiger partial charge in [0.05, 0.1) is 17.2 Å². The molecule has 2 aromatic rings. The van der Waals surface area contributed by atoms with Crippen molar-refractivity contribution in [2.45, 2.75) is 47.2 Å². The fourth-order valence-corrected chi connectivity index (χ4v) is 2.48. The molecule has 11 heteroatoms. The second-order valence-electron chi connectivity index (χ2n) is 6.74. The fourth-order valence-electron chi connectivity index (χ4n) is 2.48. The summed E-state index contributed by atoms with van der Waals surface area (Å²) in [5, 5.41) is 24.5. The van der Waals surface area contributed by atoms with Gasteiger partial charge in [0.2, 0.25) is 5.91 Å². The number of hydrogen-bond acceptors (Lipinski definition) is 6. The van der Waals surface area contributed by atoms with E-state index < -0.39 is 4.92 Å². The van der Waals surface area contributed by atoms with Gasteiger partial charge in [-0.15, -0.1) is 0 Å². The van der Waals surface area contributed by atoms with E-state index in [0.29, 0.717) is 24.5 Å². The summed E-state index contributed by atoms with van der Waals surface area (Å²) < 4.78 is 2.98. The molecule has 2 aromatic heterocycles. The van der Waals surface area contributed by atoms with Crippen molar-refractivity contribution in [3.05, 3.63) is 33.9 Å². The number of aromatic nitrogens is 4. The fraction of sp³-hybridized carbons (Fsp3) is 0.529. The maximum atomic E-state index is 12.4. The van der Waals surface area contributed by atoms with Gasteiger partial charge in [0.1, 0.15) is 11.9 Å². The predicted molar refractivity (Wildman–Crippen MR) is 102 cm³/mol. The van der Waals surface area contributed by atoms with Crippen molar-refractivity contribution in [1.82, 2.24) is 24.9 Å². The van der Waals surface area contributed by atoms with Gasteiger partial charge in [0.15, 0.2) is 5.69 Å². The number of hydrogen-bond donors (Lipinski definition) is 2. The lowest BCUT2D eigenvalue weighted by atomic mass is 10.2. The molecule has 0 saturated carbocycles. The summed E-state index contributed by atoms with van der Waals surface area (Å²) >= 11 is 0. The Bertz CT molecular complexity index is 869. The van der Waals surface area contributed by atoms with Crippen LogP contribution in [-0.2, 0) is 17.9 Å². The molecular weight excluding hydrogens is 366 g/mol. The quantitative estimate of drug-likeness (QED) is 0.493. The molecule has 0 bridgehead atoms. The maximum Gasteiger partial charge on any atom is 0.309 e. The second-order valence-corrected chi connectivity index (χ2v) is 6.74. The highest BCUT2D eigenvalue weighted by Gasteiger charge is 2.20. The minimum atomic E-state index is -0.514. The summed E-state index contributed by atoms with van der Waals surface area (Å²) in [5.41, 5.74) is 0.775. The molecule has 2 heterocycles. The minimum Gasteiger partial charge on any atom is -0.350 e. The number of carbonyl (C=O) groups is 2. The van der Waals surface area contributed by atoms with Crippen LogP contribution in [0, 0.1) is 23.0 Å². The lowest BCUT2D eigenvalue weighted by molar-refractivity contribution is -0.385. The Morgan fingerprint density at radius 1 is 1.36 bits per heavy atom. The zero-order valence-corrected chi connectivity index (χ0v) is 16.4. The Hall–Kier alpha value is -3.24. The van der Waals surface area contributed by atoms with Gasteiger partial charge in [-0.2, -0.15) is 10.2 Å². The lowest BCUT2D eigenvalue weighted by Gasteiger charge is -2.08. The number of amides is 2. The zero-order chi connectivity index (χ0) is 20.8. The van der Waals surface area contributed by atoms with Crippen molar-refractivity contribution in [1.29, 1.82) is 0 Å². The number of nitrogens with one attached hydrogen (secondary N) is 2. The van der Waals surface area contributed by atoms with Crippen LogP contribution in [0.15, 0.2) is 12.4 Å². The van der Waals surface area contributed by atoms with Gasteiger partial charge in [-0.3, -0.25) is 29.1 Å². The van der Waals surface area contributed by atoms with Crippen LogP contribution in [0.4, 0.5) is 11.4 Å². The molecule has 2 amide bonds. The van der Waals surface area contributed by atoms with Crippen LogP contribution < -0.4 is 10.6 Å². The van der Waals surface area contributed by atoms with E-state index in [9.17, 15) is 19.7 Å². The van der Waals surface area contributed by atoms with Crippen molar-refractivity contribution in [3.8, 4) is 0 Å². The Morgan fingerprint density at radius 3 is 2.64 bits per heavy atom. The summed E-state index contributed by atoms with van der Waals surface area (Å²) in [6, 6.07) is 0. The van der Waals surface area contributed by atoms with Crippen LogP contribution in [-0.4, -0.2) is 42.8 Å². The van der Waals surface area contributed by atoms with Crippen molar-refractivity contribution in [3.63, 3.8) is 0 Å². The Morgan fingerprint density at radius 2 is 2.07 bits per heavy atom. The molecule has 0 unspecified atom stereocenters. The third-order valence-electron chi connectivity index (χ3n) is 4.07. The van der Waals surface area contributed by atoms with Gasteiger partial charge >= 0.3 is 5.69 Å². The third-order valence-corrected chi connectivity index (χ3v) is 4.07. The Labute approximate surface area is 162 Å². The summed E-state index contributed by atoms with van der Waals surface area (Å²) in [7, 11) is 0. The Kier molecular flexibility index (Phi) is 6.85. The normalized spacial score (nSPS) is 10.9. The first-order chi connectivity index (χ1) is 13.2. The van der Waals surface area contributed by atoms with E-state index in [-0.39, 0.29) is 42.1 Å². The molecule has 2 rings (SSSR count). The molecule has 0 atom stereocenters. The molecule has 0 aliphatic rings. The first-order valence-electron chi connectivity index (χ1n) is 9.05. The van der Waals surface area contributed by atoms with Crippen molar-refractivity contribution < 1.29 is 14.5 Å². The number of anilines is 1. The molecule has 152 valence electrons. The summed E-state index contributed by atoms with van der Waals surface area (Å²) in [6.45, 7) is 8.65. The smallest absolute Gasteiger partial charge is 0.309 e. The van der Waals surface area contributed by atoms with E-state index in [1.165, 1.54) is 4.68 Å². The number of nitrogens with zero attached hydrogens (tertiary/aromatic N) is 5. The minimum absolute atomic E-state index is 0.0457. The van der Waals surface area contributed by atoms with E-state index in [4.69, 9.17) is 0 Å². The van der Waals surface area contributed by atoms with E-state index in [1.54, 1.807) is 17.8 Å². The van der Waals surface area contributed by atoms with Gasteiger partial charge in [-0.05, 0) is 19.8 Å². The SMILES string of the molecule is CCn1cc(NC(=O)CCn2ncc([N+](=O)[O-])c2C)c(C(=O)NCC(C)C)n1. The van der Waals surface area contributed by atoms with Crippen LogP contribution in [0.3, 0.4) is 0 Å². The van der Waals surface area contributed by atoms with Gasteiger partial charge < -0.3 is 10.6 Å². The zero-order valence-electron chi connectivity index (χ0n) is 16.4. The number of carbonyl (C=O) groups excluding carboxylic acids is 2. The first-order valence-corrected chi connectivity index (χ1v) is 9.05. The second kappa shape index (κ2) is 9.11. The average molecular weight is 391 g/mol. The van der Waals surface area contributed by atoms with Gasteiger partial charge in [0, 0.05) is 25.7 Å². The van der Waals surface area contributed by atoms with E-state index in [1.807, 2.05) is 20.8 Å². The molecule has 0 fully saturated rings.